The zero-order valence-electron chi connectivity index (χ0n) is 30.5. The minimum atomic E-state index is -0.794. The highest BCUT2D eigenvalue weighted by Gasteiger charge is 2.53. The Morgan fingerprint density at radius 3 is 1.98 bits per heavy atom. The summed E-state index contributed by atoms with van der Waals surface area (Å²) in [6, 6.07) is 11.4. The van der Waals surface area contributed by atoms with E-state index in [2.05, 4.69) is 10.3 Å². The van der Waals surface area contributed by atoms with Crippen molar-refractivity contribution in [2.45, 2.75) is 93.1 Å². The number of nitrogens with zero attached hydrogens (tertiary/aromatic N) is 1. The molecule has 2 aromatic carbocycles. The van der Waals surface area contributed by atoms with Crippen molar-refractivity contribution in [1.29, 1.82) is 0 Å². The van der Waals surface area contributed by atoms with E-state index in [1.807, 2.05) is 56.7 Å². The van der Waals surface area contributed by atoms with Gasteiger partial charge in [-0.05, 0) is 114 Å². The number of amides is 1. The Balaban J connectivity index is 0.000000247. The summed E-state index contributed by atoms with van der Waals surface area (Å²) in [5.41, 5.74) is 1.73. The lowest BCUT2D eigenvalue weighted by molar-refractivity contribution is -0.147. The second-order valence-electron chi connectivity index (χ2n) is 12.4. The van der Waals surface area contributed by atoms with Crippen molar-refractivity contribution < 1.29 is 48.7 Å². The van der Waals surface area contributed by atoms with Crippen LogP contribution in [0, 0.1) is 6.92 Å². The molecule has 2 aliphatic heterocycles. The van der Waals surface area contributed by atoms with Crippen LogP contribution in [-0.2, 0) is 28.6 Å². The number of ether oxygens (including phenoxy) is 4. The van der Waals surface area contributed by atoms with Crippen molar-refractivity contribution in [3.05, 3.63) is 64.6 Å². The largest absolute Gasteiger partial charge is 0.507 e. The van der Waals surface area contributed by atoms with Crippen LogP contribution in [0.5, 0.6) is 5.75 Å². The smallest absolute Gasteiger partial charge is 0.412 e. The van der Waals surface area contributed by atoms with E-state index in [4.69, 9.17) is 23.7 Å². The Morgan fingerprint density at radius 1 is 0.904 bits per heavy atom. The third kappa shape index (κ3) is 9.03. The highest BCUT2D eigenvalue weighted by molar-refractivity contribution is 7.99. The van der Waals surface area contributed by atoms with Crippen LogP contribution < -0.4 is 10.1 Å². The lowest BCUT2D eigenvalue weighted by atomic mass is 9.95. The molecule has 52 heavy (non-hydrogen) atoms. The van der Waals surface area contributed by atoms with Crippen molar-refractivity contribution >= 4 is 58.8 Å². The van der Waals surface area contributed by atoms with Crippen molar-refractivity contribution in [3.8, 4) is 5.75 Å². The average Bonchev–Trinajstić information content (AvgIpc) is 3.90. The molecule has 0 unspecified atom stereocenters. The normalized spacial score (nSPS) is 17.7. The van der Waals surface area contributed by atoms with E-state index in [0.29, 0.717) is 55.7 Å². The molecule has 2 heterocycles. The summed E-state index contributed by atoms with van der Waals surface area (Å²) in [5, 5.41) is 13.2. The summed E-state index contributed by atoms with van der Waals surface area (Å²) in [6.45, 7) is 6.62. The number of hydrogen-bond donors (Lipinski definition) is 2. The summed E-state index contributed by atoms with van der Waals surface area (Å²) in [4.78, 5) is 51.3. The highest BCUT2D eigenvalue weighted by atomic mass is 32.2. The predicted octanol–water partition coefficient (Wildman–Crippen LogP) is 7.12. The van der Waals surface area contributed by atoms with Gasteiger partial charge >= 0.3 is 18.0 Å². The van der Waals surface area contributed by atoms with Gasteiger partial charge in [0.2, 0.25) is 6.08 Å². The van der Waals surface area contributed by atoms with E-state index in [9.17, 15) is 19.5 Å². The maximum atomic E-state index is 12.7. The molecular formula is C38H48N2O10S2. The van der Waals surface area contributed by atoms with Gasteiger partial charge in [-0.15, -0.1) is 23.5 Å². The molecule has 282 valence electrons. The topological polar surface area (TPSA) is 181 Å². The van der Waals surface area contributed by atoms with Crippen molar-refractivity contribution in [1.82, 2.24) is 5.32 Å². The van der Waals surface area contributed by atoms with Gasteiger partial charge < -0.3 is 34.8 Å². The van der Waals surface area contributed by atoms with Crippen LogP contribution in [-0.4, -0.2) is 78.6 Å². The van der Waals surface area contributed by atoms with Gasteiger partial charge in [0.15, 0.2) is 22.7 Å². The maximum absolute atomic E-state index is 12.7. The SMILES string of the molecule is CCN=C=O.CCNC(=O)OC1=C(c2ccc(C)cc2SC)C(=O)OC12CCCC2.COc1ccc(C2=C(O)C3(CCCC3)OC2=O)c(SC)c1.O. The number of carbonyl (C=O) groups is 3. The van der Waals surface area contributed by atoms with E-state index in [-0.39, 0.29) is 11.2 Å². The molecule has 12 nitrogen and oxygen atoms in total. The van der Waals surface area contributed by atoms with E-state index < -0.39 is 29.2 Å². The molecule has 2 fully saturated rings. The highest BCUT2D eigenvalue weighted by Crippen LogP contribution is 2.50. The van der Waals surface area contributed by atoms with Crippen LogP contribution in [0.1, 0.15) is 81.9 Å². The van der Waals surface area contributed by atoms with E-state index >= 15 is 0 Å². The van der Waals surface area contributed by atoms with Crippen LogP contribution in [0.4, 0.5) is 4.79 Å². The first-order valence-electron chi connectivity index (χ1n) is 17.0. The number of aliphatic hydroxyl groups excluding tert-OH is 1. The summed E-state index contributed by atoms with van der Waals surface area (Å²) in [6.07, 6.45) is 11.4. The lowest BCUT2D eigenvalue weighted by Gasteiger charge is -2.24. The number of hydrogen-bond acceptors (Lipinski definition) is 12. The number of alkyl carbamates (subject to hydrolysis) is 1. The molecule has 2 saturated carbocycles. The minimum absolute atomic E-state index is 0. The second kappa shape index (κ2) is 19.0. The molecule has 2 aromatic rings. The number of aryl methyl sites for hydroxylation is 1. The predicted molar refractivity (Wildman–Crippen MR) is 201 cm³/mol. The Labute approximate surface area is 313 Å². The molecule has 0 atom stereocenters. The molecular weight excluding hydrogens is 709 g/mol. The first-order valence-corrected chi connectivity index (χ1v) is 19.5. The standard InChI is InChI=1S/C19H23NO4S.C16H18O4S.C3H5NO.H2O/c1-4-20-18(22)23-16-15(13-8-7-12(2)11-14(13)25-3)17(21)24-19(16)9-5-6-10-19;1-19-10-5-6-11(12(9-10)21-2)13-14(17)16(20-15(13)18)7-3-4-8-16;1-2-4-3-5;/h7-8,11H,4-6,9-10H2,1-3H3,(H,20,22);5-6,9,17H,3-4,7-8H2,1-2H3;2H2,1H3;1H2. The molecule has 14 heteroatoms. The molecule has 0 aromatic heterocycles. The van der Waals surface area contributed by atoms with Crippen molar-refractivity contribution in [2.24, 2.45) is 4.99 Å². The minimum Gasteiger partial charge on any atom is -0.507 e. The molecule has 2 spiro atoms. The Bertz CT molecular complexity index is 1740. The van der Waals surface area contributed by atoms with Crippen LogP contribution >= 0.6 is 23.5 Å². The second-order valence-corrected chi connectivity index (χ2v) is 14.1. The Hall–Kier alpha value is -4.23. The molecule has 0 bridgehead atoms. The number of isocyanates is 1. The van der Waals surface area contributed by atoms with Gasteiger partial charge in [0, 0.05) is 34.0 Å². The number of aliphatic imine (C=N–C) groups is 1. The maximum Gasteiger partial charge on any atom is 0.412 e. The average molecular weight is 757 g/mol. The van der Waals surface area contributed by atoms with Crippen molar-refractivity contribution in [3.63, 3.8) is 0 Å². The van der Waals surface area contributed by atoms with Crippen LogP contribution in [0.25, 0.3) is 11.1 Å². The number of rotatable bonds is 8. The zero-order chi connectivity index (χ0) is 37.2. The van der Waals surface area contributed by atoms with Gasteiger partial charge in [-0.3, -0.25) is 0 Å². The molecule has 4 aliphatic rings. The molecule has 1 amide bonds. The van der Waals surface area contributed by atoms with Crippen molar-refractivity contribution in [2.75, 3.05) is 32.7 Å². The molecule has 0 saturated heterocycles. The first-order chi connectivity index (χ1) is 24.5. The number of nitrogens with one attached hydrogen (secondary N) is 1. The number of thioether (sulfide) groups is 2. The summed E-state index contributed by atoms with van der Waals surface area (Å²) in [7, 11) is 1.60. The van der Waals surface area contributed by atoms with Gasteiger partial charge in [-0.2, -0.15) is 0 Å². The zero-order valence-corrected chi connectivity index (χ0v) is 32.1. The van der Waals surface area contributed by atoms with Gasteiger partial charge in [-0.25, -0.2) is 24.2 Å². The fourth-order valence-corrected chi connectivity index (χ4v) is 8.04. The molecule has 4 N–H and O–H groups in total. The quantitative estimate of drug-likeness (QED) is 0.0920. The van der Waals surface area contributed by atoms with E-state index in [1.165, 1.54) is 17.8 Å². The monoisotopic (exact) mass is 756 g/mol. The lowest BCUT2D eigenvalue weighted by Crippen LogP contribution is -2.33. The van der Waals surface area contributed by atoms with Gasteiger partial charge in [-0.1, -0.05) is 12.1 Å². The third-order valence-electron chi connectivity index (χ3n) is 9.16. The number of benzene rings is 2. The van der Waals surface area contributed by atoms with Crippen LogP contribution in [0.15, 0.2) is 62.7 Å². The number of aliphatic hydroxyl groups is 1. The first kappa shape index (κ1) is 42.2. The number of esters is 2. The number of methoxy groups -OCH3 is 1. The van der Waals surface area contributed by atoms with E-state index in [0.717, 1.165) is 57.9 Å². The number of carbonyl (C=O) groups excluding carboxylic acids is 4. The Morgan fingerprint density at radius 2 is 1.44 bits per heavy atom. The third-order valence-corrected chi connectivity index (χ3v) is 10.7. The van der Waals surface area contributed by atoms with E-state index in [1.54, 1.807) is 31.9 Å². The fourth-order valence-electron chi connectivity index (χ4n) is 6.72. The van der Waals surface area contributed by atoms with Crippen LogP contribution in [0.2, 0.25) is 0 Å². The summed E-state index contributed by atoms with van der Waals surface area (Å²) >= 11 is 3.08. The summed E-state index contributed by atoms with van der Waals surface area (Å²) in [5.74, 6) is 0.380. The molecule has 2 aliphatic carbocycles. The van der Waals surface area contributed by atoms with Crippen LogP contribution in [0.3, 0.4) is 0 Å². The fraction of sp³-hybridized carbons (Fsp3) is 0.474. The van der Waals surface area contributed by atoms with Gasteiger partial charge in [0.25, 0.3) is 0 Å². The van der Waals surface area contributed by atoms with Gasteiger partial charge in [0.1, 0.15) is 16.9 Å². The van der Waals surface area contributed by atoms with Gasteiger partial charge in [0.05, 0.1) is 7.11 Å². The Kier molecular flexibility index (Phi) is 15.4. The molecule has 6 rings (SSSR count). The summed E-state index contributed by atoms with van der Waals surface area (Å²) < 4.78 is 22.2. The molecule has 0 radical (unpaired) electrons.